The molecule has 0 bridgehead atoms. The third-order valence-corrected chi connectivity index (χ3v) is 2.00. The molecule has 78 valence electrons. The van der Waals surface area contributed by atoms with Crippen molar-refractivity contribution in [2.75, 3.05) is 20.1 Å². The molecule has 13 heavy (non-hydrogen) atoms. The Labute approximate surface area is 80.7 Å². The van der Waals surface area contributed by atoms with Gasteiger partial charge in [-0.2, -0.15) is 0 Å². The van der Waals surface area contributed by atoms with Crippen LogP contribution in [0.2, 0.25) is 0 Å². The van der Waals surface area contributed by atoms with Crippen LogP contribution in [0.4, 0.5) is 0 Å². The maximum absolute atomic E-state index is 11.3. The molecule has 0 aromatic rings. The van der Waals surface area contributed by atoms with E-state index in [9.17, 15) is 4.79 Å². The molecule has 0 saturated carbocycles. The van der Waals surface area contributed by atoms with Crippen molar-refractivity contribution in [1.29, 1.82) is 0 Å². The molecule has 0 radical (unpaired) electrons. The van der Waals surface area contributed by atoms with E-state index in [1.807, 2.05) is 25.8 Å². The zero-order valence-corrected chi connectivity index (χ0v) is 9.08. The molecule has 0 spiro atoms. The van der Waals surface area contributed by atoms with Crippen molar-refractivity contribution in [3.05, 3.63) is 0 Å². The van der Waals surface area contributed by atoms with Crippen LogP contribution in [0.25, 0.3) is 0 Å². The lowest BCUT2D eigenvalue weighted by atomic mass is 10.1. The van der Waals surface area contributed by atoms with Gasteiger partial charge in [-0.05, 0) is 20.4 Å². The van der Waals surface area contributed by atoms with Gasteiger partial charge < -0.3 is 5.11 Å². The first-order valence-electron chi connectivity index (χ1n) is 4.82. The highest BCUT2D eigenvalue weighted by molar-refractivity contribution is 5.82. The van der Waals surface area contributed by atoms with E-state index in [4.69, 9.17) is 5.11 Å². The SMILES string of the molecule is CC(O)CCN(C)CC(=O)C(C)C. The van der Waals surface area contributed by atoms with E-state index in [0.717, 1.165) is 13.0 Å². The quantitative estimate of drug-likeness (QED) is 0.672. The summed E-state index contributed by atoms with van der Waals surface area (Å²) < 4.78 is 0. The number of carbonyl (C=O) groups is 1. The lowest BCUT2D eigenvalue weighted by Crippen LogP contribution is -2.30. The fraction of sp³-hybridized carbons (Fsp3) is 0.900. The van der Waals surface area contributed by atoms with Gasteiger partial charge >= 0.3 is 0 Å². The van der Waals surface area contributed by atoms with Crippen LogP contribution in [0.15, 0.2) is 0 Å². The molecule has 0 aliphatic carbocycles. The molecule has 0 aromatic carbocycles. The van der Waals surface area contributed by atoms with Gasteiger partial charge in [-0.25, -0.2) is 0 Å². The summed E-state index contributed by atoms with van der Waals surface area (Å²) in [4.78, 5) is 13.2. The predicted octanol–water partition coefficient (Wildman–Crippen LogP) is 0.914. The summed E-state index contributed by atoms with van der Waals surface area (Å²) in [5.74, 6) is 0.363. The molecule has 0 rings (SSSR count). The third kappa shape index (κ3) is 6.72. The molecular formula is C10H21NO2. The normalized spacial score (nSPS) is 13.8. The third-order valence-electron chi connectivity index (χ3n) is 2.00. The van der Waals surface area contributed by atoms with Crippen molar-refractivity contribution in [2.24, 2.45) is 5.92 Å². The number of aliphatic hydroxyl groups is 1. The lowest BCUT2D eigenvalue weighted by Gasteiger charge is -2.17. The highest BCUT2D eigenvalue weighted by atomic mass is 16.3. The molecule has 1 atom stereocenters. The van der Waals surface area contributed by atoms with Crippen molar-refractivity contribution in [2.45, 2.75) is 33.3 Å². The summed E-state index contributed by atoms with van der Waals surface area (Å²) in [6.07, 6.45) is 0.443. The zero-order valence-electron chi connectivity index (χ0n) is 9.08. The molecule has 0 saturated heterocycles. The van der Waals surface area contributed by atoms with E-state index < -0.39 is 0 Å². The Kier molecular flexibility index (Phi) is 5.91. The minimum Gasteiger partial charge on any atom is -0.393 e. The molecule has 3 nitrogen and oxygen atoms in total. The number of aliphatic hydroxyl groups excluding tert-OH is 1. The Balaban J connectivity index is 3.62. The van der Waals surface area contributed by atoms with Crippen LogP contribution in [0, 0.1) is 5.92 Å². The van der Waals surface area contributed by atoms with Gasteiger partial charge in [0.1, 0.15) is 5.78 Å². The molecule has 0 amide bonds. The van der Waals surface area contributed by atoms with Gasteiger partial charge in [-0.1, -0.05) is 13.8 Å². The molecular weight excluding hydrogens is 166 g/mol. The predicted molar refractivity (Wildman–Crippen MR) is 53.6 cm³/mol. The second-order valence-corrected chi connectivity index (χ2v) is 4.00. The molecule has 0 aromatic heterocycles. The van der Waals surface area contributed by atoms with Gasteiger partial charge in [0.05, 0.1) is 12.6 Å². The number of Topliss-reactive ketones (excluding diaryl/α,β-unsaturated/α-hetero) is 1. The molecule has 0 aliphatic heterocycles. The van der Waals surface area contributed by atoms with E-state index in [-0.39, 0.29) is 17.8 Å². The molecule has 0 heterocycles. The van der Waals surface area contributed by atoms with Crippen LogP contribution in [0.5, 0.6) is 0 Å². The number of carbonyl (C=O) groups excluding carboxylic acids is 1. The minimum absolute atomic E-state index is 0.106. The Morgan fingerprint density at radius 2 is 1.92 bits per heavy atom. The zero-order chi connectivity index (χ0) is 10.4. The van der Waals surface area contributed by atoms with E-state index >= 15 is 0 Å². The van der Waals surface area contributed by atoms with Crippen LogP contribution in [-0.4, -0.2) is 42.0 Å². The number of likely N-dealkylation sites (N-methyl/N-ethyl adjacent to an activating group) is 1. The molecule has 0 aliphatic rings. The standard InChI is InChI=1S/C10H21NO2/c1-8(2)10(13)7-11(4)6-5-9(3)12/h8-9,12H,5-7H2,1-4H3. The number of ketones is 1. The largest absolute Gasteiger partial charge is 0.393 e. The maximum atomic E-state index is 11.3. The minimum atomic E-state index is -0.281. The van der Waals surface area contributed by atoms with Crippen LogP contribution in [0.1, 0.15) is 27.2 Å². The number of rotatable bonds is 6. The lowest BCUT2D eigenvalue weighted by molar-refractivity contribution is -0.122. The maximum Gasteiger partial charge on any atom is 0.149 e. The second kappa shape index (κ2) is 6.11. The Morgan fingerprint density at radius 3 is 2.31 bits per heavy atom. The first kappa shape index (κ1) is 12.6. The smallest absolute Gasteiger partial charge is 0.149 e. The average Bonchev–Trinajstić information content (AvgIpc) is 2.00. The van der Waals surface area contributed by atoms with Crippen LogP contribution in [0.3, 0.4) is 0 Å². The van der Waals surface area contributed by atoms with Crippen molar-refractivity contribution in [1.82, 2.24) is 4.90 Å². The summed E-state index contributed by atoms with van der Waals surface area (Å²) in [6.45, 7) is 6.84. The molecule has 3 heteroatoms. The van der Waals surface area contributed by atoms with Gasteiger partial charge in [-0.15, -0.1) is 0 Å². The van der Waals surface area contributed by atoms with Crippen molar-refractivity contribution >= 4 is 5.78 Å². The second-order valence-electron chi connectivity index (χ2n) is 4.00. The van der Waals surface area contributed by atoms with Gasteiger partial charge in [0.2, 0.25) is 0 Å². The van der Waals surface area contributed by atoms with Crippen molar-refractivity contribution in [3.8, 4) is 0 Å². The Morgan fingerprint density at radius 1 is 1.38 bits per heavy atom. The molecule has 1 unspecified atom stereocenters. The summed E-state index contributed by atoms with van der Waals surface area (Å²) in [7, 11) is 1.91. The summed E-state index contributed by atoms with van der Waals surface area (Å²) >= 11 is 0. The average molecular weight is 187 g/mol. The number of nitrogens with zero attached hydrogens (tertiary/aromatic N) is 1. The molecule has 1 N–H and O–H groups in total. The summed E-state index contributed by atoms with van der Waals surface area (Å²) in [5.41, 5.74) is 0. The number of hydrogen-bond acceptors (Lipinski definition) is 3. The van der Waals surface area contributed by atoms with Gasteiger partial charge in [-0.3, -0.25) is 9.69 Å². The van der Waals surface area contributed by atoms with E-state index in [2.05, 4.69) is 0 Å². The van der Waals surface area contributed by atoms with Crippen LogP contribution < -0.4 is 0 Å². The first-order valence-corrected chi connectivity index (χ1v) is 4.82. The van der Waals surface area contributed by atoms with Crippen molar-refractivity contribution in [3.63, 3.8) is 0 Å². The fourth-order valence-electron chi connectivity index (χ4n) is 0.935. The van der Waals surface area contributed by atoms with E-state index in [1.165, 1.54) is 0 Å². The summed E-state index contributed by atoms with van der Waals surface area (Å²) in [5, 5.41) is 9.03. The highest BCUT2D eigenvalue weighted by Crippen LogP contribution is 1.98. The van der Waals surface area contributed by atoms with Crippen molar-refractivity contribution < 1.29 is 9.90 Å². The summed E-state index contributed by atoms with van der Waals surface area (Å²) in [6, 6.07) is 0. The Hall–Kier alpha value is -0.410. The topological polar surface area (TPSA) is 40.5 Å². The van der Waals surface area contributed by atoms with E-state index in [1.54, 1.807) is 6.92 Å². The van der Waals surface area contributed by atoms with Gasteiger partial charge in [0, 0.05) is 12.5 Å². The van der Waals surface area contributed by atoms with Gasteiger partial charge in [0.15, 0.2) is 0 Å². The highest BCUT2D eigenvalue weighted by Gasteiger charge is 2.10. The van der Waals surface area contributed by atoms with Crippen LogP contribution >= 0.6 is 0 Å². The van der Waals surface area contributed by atoms with Gasteiger partial charge in [0.25, 0.3) is 0 Å². The Bertz CT molecular complexity index is 155. The van der Waals surface area contributed by atoms with E-state index in [0.29, 0.717) is 6.54 Å². The van der Waals surface area contributed by atoms with Crippen LogP contribution in [-0.2, 0) is 4.79 Å². The molecule has 0 fully saturated rings. The first-order chi connectivity index (χ1) is 5.93. The fourth-order valence-corrected chi connectivity index (χ4v) is 0.935. The number of hydrogen-bond donors (Lipinski definition) is 1. The monoisotopic (exact) mass is 187 g/mol.